The van der Waals surface area contributed by atoms with Crippen molar-refractivity contribution in [3.8, 4) is 50.9 Å². The van der Waals surface area contributed by atoms with Crippen LogP contribution in [0.2, 0.25) is 0 Å². The SMILES string of the molecule is c1ccc(-c2cc3ccc4c(c5ccccc5n4-c4cc(-c5ccc(-c6ccncc6)cc5)nc(-c5ccncc5)n4)c3o2)cc1. The highest BCUT2D eigenvalue weighted by Crippen LogP contribution is 2.40. The van der Waals surface area contributed by atoms with Crippen molar-refractivity contribution < 1.29 is 4.42 Å². The molecule has 0 saturated carbocycles. The molecule has 0 N–H and O–H groups in total. The van der Waals surface area contributed by atoms with Crippen LogP contribution in [0.4, 0.5) is 0 Å². The maximum absolute atomic E-state index is 6.60. The summed E-state index contributed by atoms with van der Waals surface area (Å²) in [6.07, 6.45) is 7.16. The van der Waals surface area contributed by atoms with Gasteiger partial charge in [-0.15, -0.1) is 0 Å². The lowest BCUT2D eigenvalue weighted by Gasteiger charge is -2.12. The van der Waals surface area contributed by atoms with Gasteiger partial charge in [0.2, 0.25) is 0 Å². The Hall–Kier alpha value is -6.40. The molecule has 0 bridgehead atoms. The molecule has 0 fully saturated rings. The summed E-state index contributed by atoms with van der Waals surface area (Å²) in [5.74, 6) is 2.25. The summed E-state index contributed by atoms with van der Waals surface area (Å²) < 4.78 is 8.82. The third-order valence-corrected chi connectivity index (χ3v) is 8.45. The molecule has 5 heterocycles. The Morgan fingerprint density at radius 2 is 1.17 bits per heavy atom. The molecule has 9 aromatic rings. The highest BCUT2D eigenvalue weighted by atomic mass is 16.3. The molecule has 0 spiro atoms. The summed E-state index contributed by atoms with van der Waals surface area (Å²) in [6, 6.07) is 43.5. The fourth-order valence-electron chi connectivity index (χ4n) is 6.25. The van der Waals surface area contributed by atoms with Gasteiger partial charge in [0.05, 0.1) is 22.1 Å². The summed E-state index contributed by atoms with van der Waals surface area (Å²) in [5, 5.41) is 3.22. The van der Waals surface area contributed by atoms with Crippen LogP contribution in [0.5, 0.6) is 0 Å². The number of fused-ring (bicyclic) bond motifs is 5. The van der Waals surface area contributed by atoms with E-state index in [0.29, 0.717) is 5.82 Å². The molecule has 5 aromatic heterocycles. The maximum atomic E-state index is 6.60. The summed E-state index contributed by atoms with van der Waals surface area (Å²) >= 11 is 0. The first-order valence-electron chi connectivity index (χ1n) is 15.1. The van der Waals surface area contributed by atoms with Crippen molar-refractivity contribution in [2.45, 2.75) is 0 Å². The Kier molecular flexibility index (Phi) is 6.03. The summed E-state index contributed by atoms with van der Waals surface area (Å²) in [5.41, 5.74) is 8.93. The molecule has 9 rings (SSSR count). The second-order valence-electron chi connectivity index (χ2n) is 11.2. The molecule has 0 atom stereocenters. The van der Waals surface area contributed by atoms with Gasteiger partial charge in [0.1, 0.15) is 17.2 Å². The largest absolute Gasteiger partial charge is 0.455 e. The van der Waals surface area contributed by atoms with E-state index >= 15 is 0 Å². The van der Waals surface area contributed by atoms with Crippen LogP contribution in [0.3, 0.4) is 0 Å². The number of nitrogens with zero attached hydrogens (tertiary/aromatic N) is 5. The lowest BCUT2D eigenvalue weighted by atomic mass is 10.0. The fraction of sp³-hybridized carbons (Fsp3) is 0. The van der Waals surface area contributed by atoms with Gasteiger partial charge in [-0.2, -0.15) is 0 Å². The zero-order valence-electron chi connectivity index (χ0n) is 24.6. The van der Waals surface area contributed by atoms with E-state index in [-0.39, 0.29) is 0 Å². The third-order valence-electron chi connectivity index (χ3n) is 8.45. The van der Waals surface area contributed by atoms with Crippen LogP contribution in [0, 0.1) is 0 Å². The van der Waals surface area contributed by atoms with E-state index < -0.39 is 0 Å². The highest BCUT2D eigenvalue weighted by Gasteiger charge is 2.20. The molecule has 4 aromatic carbocycles. The first-order chi connectivity index (χ1) is 22.8. The van der Waals surface area contributed by atoms with E-state index in [1.807, 2.05) is 54.9 Å². The maximum Gasteiger partial charge on any atom is 0.162 e. The lowest BCUT2D eigenvalue weighted by Crippen LogP contribution is -2.02. The molecule has 0 amide bonds. The first kappa shape index (κ1) is 26.0. The van der Waals surface area contributed by atoms with Crippen molar-refractivity contribution in [3.63, 3.8) is 0 Å². The summed E-state index contributed by atoms with van der Waals surface area (Å²) in [6.45, 7) is 0. The molecule has 0 aliphatic heterocycles. The van der Waals surface area contributed by atoms with Gasteiger partial charge < -0.3 is 4.42 Å². The van der Waals surface area contributed by atoms with Gasteiger partial charge in [-0.05, 0) is 59.7 Å². The van der Waals surface area contributed by atoms with Crippen LogP contribution in [0.1, 0.15) is 0 Å². The minimum atomic E-state index is 0.629. The molecule has 0 unspecified atom stereocenters. The number of pyridine rings is 2. The number of hydrogen-bond donors (Lipinski definition) is 0. The van der Waals surface area contributed by atoms with Gasteiger partial charge in [0.15, 0.2) is 5.82 Å². The molecule has 6 nitrogen and oxygen atoms in total. The number of furan rings is 1. The second-order valence-corrected chi connectivity index (χ2v) is 11.2. The van der Waals surface area contributed by atoms with E-state index in [1.54, 1.807) is 12.4 Å². The van der Waals surface area contributed by atoms with Crippen LogP contribution < -0.4 is 0 Å². The second kappa shape index (κ2) is 10.6. The zero-order chi connectivity index (χ0) is 30.5. The van der Waals surface area contributed by atoms with Gasteiger partial charge in [0, 0.05) is 58.3 Å². The Morgan fingerprint density at radius 1 is 0.500 bits per heavy atom. The average Bonchev–Trinajstić information content (AvgIpc) is 3.72. The predicted molar refractivity (Wildman–Crippen MR) is 183 cm³/mol. The van der Waals surface area contributed by atoms with Crippen LogP contribution in [-0.4, -0.2) is 24.5 Å². The molecule has 46 heavy (non-hydrogen) atoms. The third kappa shape index (κ3) is 4.35. The molecular formula is C40H25N5O. The van der Waals surface area contributed by atoms with Crippen LogP contribution >= 0.6 is 0 Å². The van der Waals surface area contributed by atoms with Gasteiger partial charge in [-0.25, -0.2) is 9.97 Å². The smallest absolute Gasteiger partial charge is 0.162 e. The van der Waals surface area contributed by atoms with Gasteiger partial charge in [-0.3, -0.25) is 14.5 Å². The van der Waals surface area contributed by atoms with E-state index in [9.17, 15) is 0 Å². The van der Waals surface area contributed by atoms with Crippen molar-refractivity contribution in [3.05, 3.63) is 152 Å². The van der Waals surface area contributed by atoms with Gasteiger partial charge in [0.25, 0.3) is 0 Å². The first-order valence-corrected chi connectivity index (χ1v) is 15.1. The van der Waals surface area contributed by atoms with E-state index in [2.05, 4.69) is 99.5 Å². The zero-order valence-corrected chi connectivity index (χ0v) is 24.6. The van der Waals surface area contributed by atoms with Crippen LogP contribution in [0.25, 0.3) is 83.7 Å². The fourth-order valence-corrected chi connectivity index (χ4v) is 6.25. The van der Waals surface area contributed by atoms with Crippen molar-refractivity contribution in [2.75, 3.05) is 0 Å². The van der Waals surface area contributed by atoms with Crippen molar-refractivity contribution in [1.29, 1.82) is 0 Å². The van der Waals surface area contributed by atoms with E-state index in [0.717, 1.165) is 77.9 Å². The highest BCUT2D eigenvalue weighted by molar-refractivity contribution is 6.20. The number of rotatable bonds is 5. The summed E-state index contributed by atoms with van der Waals surface area (Å²) in [7, 11) is 0. The molecule has 0 radical (unpaired) electrons. The average molecular weight is 592 g/mol. The van der Waals surface area contributed by atoms with E-state index in [1.165, 1.54) is 0 Å². The summed E-state index contributed by atoms with van der Waals surface area (Å²) in [4.78, 5) is 18.6. The van der Waals surface area contributed by atoms with E-state index in [4.69, 9.17) is 14.4 Å². The minimum absolute atomic E-state index is 0.629. The normalized spacial score (nSPS) is 11.5. The molecule has 216 valence electrons. The predicted octanol–water partition coefficient (Wildman–Crippen LogP) is 9.78. The number of hydrogen-bond acceptors (Lipinski definition) is 5. The molecule has 0 aliphatic rings. The molecular weight excluding hydrogens is 566 g/mol. The Balaban J connectivity index is 1.27. The quantitative estimate of drug-likeness (QED) is 0.199. The number of para-hydroxylation sites is 1. The molecule has 6 heteroatoms. The van der Waals surface area contributed by atoms with Gasteiger partial charge in [-0.1, -0.05) is 72.8 Å². The topological polar surface area (TPSA) is 69.6 Å². The number of aromatic nitrogens is 5. The Morgan fingerprint density at radius 3 is 1.96 bits per heavy atom. The minimum Gasteiger partial charge on any atom is -0.455 e. The van der Waals surface area contributed by atoms with Gasteiger partial charge >= 0.3 is 0 Å². The van der Waals surface area contributed by atoms with Crippen LogP contribution in [-0.2, 0) is 0 Å². The Bertz CT molecular complexity index is 2500. The standard InChI is InChI=1S/C40H25N5O/c1-2-6-29(7-3-1)36-24-31-14-15-35-38(39(31)46-36)32-8-4-5-9-34(32)45(35)37-25-33(43-40(44-37)30-18-22-42-23-19-30)28-12-10-26(11-13-28)27-16-20-41-21-17-27/h1-25H. The monoisotopic (exact) mass is 591 g/mol. The van der Waals surface area contributed by atoms with Crippen molar-refractivity contribution in [2.24, 2.45) is 0 Å². The lowest BCUT2D eigenvalue weighted by molar-refractivity contribution is 0.635. The molecule has 0 saturated heterocycles. The van der Waals surface area contributed by atoms with Crippen molar-refractivity contribution in [1.82, 2.24) is 24.5 Å². The number of benzene rings is 4. The van der Waals surface area contributed by atoms with Crippen molar-refractivity contribution >= 4 is 32.8 Å². The Labute approximate surface area is 264 Å². The van der Waals surface area contributed by atoms with Crippen LogP contribution in [0.15, 0.2) is 157 Å². The molecule has 0 aliphatic carbocycles.